The number of nitrogens with zero attached hydrogens (tertiary/aromatic N) is 4. The first kappa shape index (κ1) is 10.2. The average molecular weight is 262 g/mol. The van der Waals surface area contributed by atoms with Gasteiger partial charge in [0.2, 0.25) is 37.5 Å². The first-order valence-corrected chi connectivity index (χ1v) is 5.05. The molecule has 5 saturated heterocycles. The molecule has 0 spiro atoms. The van der Waals surface area contributed by atoms with Gasteiger partial charge in [0, 0.05) is 0 Å². The second-order valence-corrected chi connectivity index (χ2v) is 4.08. The number of nitro groups is 2. The number of ether oxygens (including phenoxy) is 4. The third-order valence-corrected chi connectivity index (χ3v) is 3.22. The van der Waals surface area contributed by atoms with Gasteiger partial charge in [-0.05, 0) is 0 Å². The Labute approximate surface area is 97.8 Å². The summed E-state index contributed by atoms with van der Waals surface area (Å²) in [6.45, 7) is 0. The van der Waals surface area contributed by atoms with Crippen molar-refractivity contribution < 1.29 is 29.0 Å². The van der Waals surface area contributed by atoms with Gasteiger partial charge in [0.15, 0.2) is 10.1 Å². The third-order valence-electron chi connectivity index (χ3n) is 3.22. The maximum atomic E-state index is 11.0. The van der Waals surface area contributed by atoms with E-state index in [0.717, 1.165) is 0 Å². The maximum absolute atomic E-state index is 11.0. The highest BCUT2D eigenvalue weighted by molar-refractivity contribution is 4.92. The fourth-order valence-electron chi connectivity index (χ4n) is 2.57. The van der Waals surface area contributed by atoms with Crippen molar-refractivity contribution in [3.05, 3.63) is 20.2 Å². The topological polar surface area (TPSA) is 130 Å². The van der Waals surface area contributed by atoms with Crippen molar-refractivity contribution in [2.24, 2.45) is 0 Å². The normalized spacial score (nSPS) is 47.8. The lowest BCUT2D eigenvalue weighted by molar-refractivity contribution is -0.747. The summed E-state index contributed by atoms with van der Waals surface area (Å²) < 4.78 is 20.9. The van der Waals surface area contributed by atoms with Crippen LogP contribution in [0.5, 0.6) is 0 Å². The smallest absolute Gasteiger partial charge is 0.243 e. The molecule has 98 valence electrons. The molecular formula is C6H6N4O8. The number of hydrogen-bond donors (Lipinski definition) is 0. The minimum Gasteiger partial charge on any atom is -0.314 e. The largest absolute Gasteiger partial charge is 0.314 e. The predicted octanol–water partition coefficient (Wildman–Crippen LogP) is -1.95. The molecule has 0 aliphatic carbocycles. The van der Waals surface area contributed by atoms with Crippen LogP contribution in [-0.4, -0.2) is 57.6 Å². The second-order valence-electron chi connectivity index (χ2n) is 4.08. The van der Waals surface area contributed by atoms with Crippen LogP contribution in [0, 0.1) is 20.2 Å². The minimum absolute atomic E-state index is 0.655. The van der Waals surface area contributed by atoms with Crippen LogP contribution in [0.15, 0.2) is 0 Å². The Kier molecular flexibility index (Phi) is 1.68. The molecule has 0 aromatic heterocycles. The van der Waals surface area contributed by atoms with Crippen LogP contribution in [0.4, 0.5) is 0 Å². The molecule has 0 radical (unpaired) electrons. The quantitative estimate of drug-likeness (QED) is 0.408. The van der Waals surface area contributed by atoms with Crippen molar-refractivity contribution in [2.75, 3.05) is 0 Å². The van der Waals surface area contributed by atoms with Gasteiger partial charge in [-0.15, -0.1) is 0 Å². The van der Waals surface area contributed by atoms with Crippen molar-refractivity contribution in [3.8, 4) is 0 Å². The second kappa shape index (κ2) is 2.97. The molecule has 0 aromatic carbocycles. The van der Waals surface area contributed by atoms with Crippen molar-refractivity contribution >= 4 is 0 Å². The zero-order valence-electron chi connectivity index (χ0n) is 8.52. The Morgan fingerprint density at radius 3 is 1.22 bits per heavy atom. The van der Waals surface area contributed by atoms with E-state index in [4.69, 9.17) is 18.9 Å². The molecule has 5 heterocycles. The molecule has 18 heavy (non-hydrogen) atoms. The van der Waals surface area contributed by atoms with Gasteiger partial charge < -0.3 is 18.9 Å². The minimum atomic E-state index is -1.19. The van der Waals surface area contributed by atoms with Gasteiger partial charge >= 0.3 is 0 Å². The van der Waals surface area contributed by atoms with Crippen molar-refractivity contribution in [3.63, 3.8) is 0 Å². The summed E-state index contributed by atoms with van der Waals surface area (Å²) in [6, 6.07) is 0. The van der Waals surface area contributed by atoms with E-state index in [1.165, 1.54) is 0 Å². The van der Waals surface area contributed by atoms with E-state index in [1.54, 1.807) is 0 Å². The van der Waals surface area contributed by atoms with E-state index >= 15 is 0 Å². The zero-order chi connectivity index (χ0) is 12.6. The SMILES string of the molecule is O=[N+]([O-])N1[C@@H]2OC3O[C@@H]2N([N+](=O)[O-])[C@@H]2OC3O[C@@H]21. The van der Waals surface area contributed by atoms with Crippen LogP contribution in [-0.2, 0) is 18.9 Å². The summed E-state index contributed by atoms with van der Waals surface area (Å²) in [5.74, 6) is 0. The third kappa shape index (κ3) is 0.989. The summed E-state index contributed by atoms with van der Waals surface area (Å²) in [4.78, 5) is 22.0. The Balaban J connectivity index is 1.83. The highest BCUT2D eigenvalue weighted by Crippen LogP contribution is 2.45. The molecule has 6 atom stereocenters. The lowest BCUT2D eigenvalue weighted by Crippen LogP contribution is -2.69. The van der Waals surface area contributed by atoms with E-state index in [1.807, 2.05) is 0 Å². The molecule has 5 aliphatic rings. The van der Waals surface area contributed by atoms with Crippen LogP contribution < -0.4 is 0 Å². The lowest BCUT2D eigenvalue weighted by Gasteiger charge is -2.37. The number of hydrogen-bond acceptors (Lipinski definition) is 8. The Hall–Kier alpha value is -1.76. The molecule has 12 nitrogen and oxygen atoms in total. The highest BCUT2D eigenvalue weighted by atomic mass is 16.9. The highest BCUT2D eigenvalue weighted by Gasteiger charge is 2.72. The van der Waals surface area contributed by atoms with E-state index in [9.17, 15) is 20.2 Å². The number of hydrazine groups is 2. The number of piperazine rings is 1. The van der Waals surface area contributed by atoms with E-state index < -0.39 is 47.6 Å². The molecule has 5 fully saturated rings. The molecule has 6 bridgehead atoms. The Morgan fingerprint density at radius 2 is 1.00 bits per heavy atom. The van der Waals surface area contributed by atoms with Gasteiger partial charge in [-0.25, -0.2) is 20.2 Å². The van der Waals surface area contributed by atoms with Crippen molar-refractivity contribution in [1.82, 2.24) is 10.0 Å². The molecule has 12 heteroatoms. The van der Waals surface area contributed by atoms with Gasteiger partial charge in [-0.2, -0.15) is 0 Å². The molecule has 0 N–H and O–H groups in total. The van der Waals surface area contributed by atoms with E-state index in [-0.39, 0.29) is 0 Å². The van der Waals surface area contributed by atoms with E-state index in [0.29, 0.717) is 10.0 Å². The summed E-state index contributed by atoms with van der Waals surface area (Å²) in [5.41, 5.74) is 0. The molecule has 5 rings (SSSR count). The van der Waals surface area contributed by atoms with Gasteiger partial charge in [0.25, 0.3) is 0 Å². The zero-order valence-corrected chi connectivity index (χ0v) is 8.52. The summed E-state index contributed by atoms with van der Waals surface area (Å²) in [6.07, 6.45) is -6.75. The van der Waals surface area contributed by atoms with Gasteiger partial charge in [0.05, 0.1) is 0 Å². The number of rotatable bonds is 2. The molecule has 0 saturated carbocycles. The van der Waals surface area contributed by atoms with Gasteiger partial charge in [0.1, 0.15) is 0 Å². The first-order valence-electron chi connectivity index (χ1n) is 5.05. The maximum Gasteiger partial charge on any atom is 0.243 e. The molecule has 5 aliphatic heterocycles. The Bertz CT molecular complexity index is 381. The van der Waals surface area contributed by atoms with Gasteiger partial charge in [-0.1, -0.05) is 10.0 Å². The van der Waals surface area contributed by atoms with Crippen LogP contribution in [0.25, 0.3) is 0 Å². The average Bonchev–Trinajstić information content (AvgIpc) is 2.76. The van der Waals surface area contributed by atoms with Gasteiger partial charge in [-0.3, -0.25) is 0 Å². The van der Waals surface area contributed by atoms with Crippen molar-refractivity contribution in [1.29, 1.82) is 0 Å². The molecule has 2 unspecified atom stereocenters. The monoisotopic (exact) mass is 262 g/mol. The predicted molar refractivity (Wildman–Crippen MR) is 44.7 cm³/mol. The molecular weight excluding hydrogens is 256 g/mol. The summed E-state index contributed by atoms with van der Waals surface area (Å²) in [5, 5.41) is 21.9. The summed E-state index contributed by atoms with van der Waals surface area (Å²) >= 11 is 0. The van der Waals surface area contributed by atoms with Crippen molar-refractivity contribution in [2.45, 2.75) is 37.5 Å². The lowest BCUT2D eigenvalue weighted by atomic mass is 10.3. The summed E-state index contributed by atoms with van der Waals surface area (Å²) in [7, 11) is 0. The fraction of sp³-hybridized carbons (Fsp3) is 1.00. The van der Waals surface area contributed by atoms with Crippen LogP contribution in [0.3, 0.4) is 0 Å². The fourth-order valence-corrected chi connectivity index (χ4v) is 2.57. The van der Waals surface area contributed by atoms with Crippen LogP contribution in [0.2, 0.25) is 0 Å². The van der Waals surface area contributed by atoms with Crippen LogP contribution >= 0.6 is 0 Å². The van der Waals surface area contributed by atoms with Crippen LogP contribution in [0.1, 0.15) is 0 Å². The molecule has 0 amide bonds. The molecule has 0 aromatic rings. The first-order chi connectivity index (χ1) is 8.58. The Morgan fingerprint density at radius 1 is 0.722 bits per heavy atom. The standard InChI is InChI=1S/C6H6N4O8/c11-9(12)7-1-2-8(10(13)14)4-3(7)17-6(18-4)5(15-1)16-2/h1-6H/t1-,2+,3+,4-,5?,6?. The van der Waals surface area contributed by atoms with E-state index in [2.05, 4.69) is 0 Å².